The summed E-state index contributed by atoms with van der Waals surface area (Å²) in [6, 6.07) is 21.6. The second-order valence-electron chi connectivity index (χ2n) is 6.80. The van der Waals surface area contributed by atoms with Crippen molar-refractivity contribution in [3.8, 4) is 0 Å². The number of aryl methyl sites for hydroxylation is 2. The second kappa shape index (κ2) is 8.39. The molecule has 0 radical (unpaired) electrons. The topological polar surface area (TPSA) is 84.2 Å². The van der Waals surface area contributed by atoms with E-state index >= 15 is 0 Å². The molecule has 0 heterocycles. The zero-order valence-corrected chi connectivity index (χ0v) is 15.9. The molecule has 0 saturated heterocycles. The monoisotopic (exact) mass is 373 g/mol. The van der Waals surface area contributed by atoms with Crippen LogP contribution in [0.5, 0.6) is 0 Å². The maximum atomic E-state index is 13.1. The van der Waals surface area contributed by atoms with Crippen molar-refractivity contribution in [2.75, 3.05) is 10.6 Å². The van der Waals surface area contributed by atoms with E-state index in [1.807, 2.05) is 56.3 Å². The minimum Gasteiger partial charge on any atom is -0.370 e. The fraction of sp³-hybridized carbons (Fsp3) is 0.130. The molecule has 4 N–H and O–H groups in total. The van der Waals surface area contributed by atoms with Gasteiger partial charge >= 0.3 is 0 Å². The third-order valence-corrected chi connectivity index (χ3v) is 4.36. The molecule has 0 aromatic heterocycles. The summed E-state index contributed by atoms with van der Waals surface area (Å²) in [5, 5.41) is 6.24. The number of amides is 2. The van der Waals surface area contributed by atoms with Crippen molar-refractivity contribution in [2.24, 2.45) is 5.73 Å². The molecule has 2 amide bonds. The van der Waals surface area contributed by atoms with Gasteiger partial charge in [0.25, 0.3) is 5.91 Å². The van der Waals surface area contributed by atoms with Gasteiger partial charge in [-0.2, -0.15) is 0 Å². The van der Waals surface area contributed by atoms with E-state index in [0.717, 1.165) is 28.1 Å². The smallest absolute Gasteiger partial charge is 0.251 e. The fourth-order valence-corrected chi connectivity index (χ4v) is 3.10. The molecule has 28 heavy (non-hydrogen) atoms. The quantitative estimate of drug-likeness (QED) is 0.606. The highest BCUT2D eigenvalue weighted by Crippen LogP contribution is 2.23. The Bertz CT molecular complexity index is 962. The Labute approximate surface area is 164 Å². The number of carbonyl (C=O) groups is 2. The average Bonchev–Trinajstić information content (AvgIpc) is 2.66. The molecule has 5 heteroatoms. The van der Waals surface area contributed by atoms with E-state index in [1.165, 1.54) is 0 Å². The van der Waals surface area contributed by atoms with Crippen molar-refractivity contribution < 1.29 is 9.59 Å². The minimum absolute atomic E-state index is 0.171. The van der Waals surface area contributed by atoms with Crippen molar-refractivity contribution in [3.63, 3.8) is 0 Å². The molecule has 0 aliphatic heterocycles. The van der Waals surface area contributed by atoms with Crippen LogP contribution in [-0.2, 0) is 4.79 Å². The maximum absolute atomic E-state index is 13.1. The van der Waals surface area contributed by atoms with Crippen LogP contribution in [0.3, 0.4) is 0 Å². The van der Waals surface area contributed by atoms with E-state index in [1.54, 1.807) is 24.3 Å². The lowest BCUT2D eigenvalue weighted by atomic mass is 10.0. The maximum Gasteiger partial charge on any atom is 0.251 e. The molecule has 0 bridgehead atoms. The predicted octanol–water partition coefficient (Wildman–Crippen LogP) is 4.19. The number of hydrogen-bond acceptors (Lipinski definition) is 3. The molecule has 0 aliphatic carbocycles. The summed E-state index contributed by atoms with van der Waals surface area (Å²) in [6.45, 7) is 3.99. The van der Waals surface area contributed by atoms with Crippen LogP contribution in [0.4, 0.5) is 11.4 Å². The predicted molar refractivity (Wildman–Crippen MR) is 112 cm³/mol. The SMILES string of the molecule is Cc1cc(C)cc(NC(=O)[C@@H](Nc2ccc(C(N)=O)cc2)c2ccccc2)c1. The van der Waals surface area contributed by atoms with Crippen LogP contribution >= 0.6 is 0 Å². The van der Waals surface area contributed by atoms with E-state index in [4.69, 9.17) is 5.73 Å². The molecule has 0 fully saturated rings. The summed E-state index contributed by atoms with van der Waals surface area (Å²) in [7, 11) is 0. The third kappa shape index (κ3) is 4.76. The van der Waals surface area contributed by atoms with Gasteiger partial charge in [0.15, 0.2) is 0 Å². The molecule has 0 saturated carbocycles. The van der Waals surface area contributed by atoms with E-state index in [2.05, 4.69) is 16.7 Å². The van der Waals surface area contributed by atoms with Crippen molar-refractivity contribution >= 4 is 23.2 Å². The standard InChI is InChI=1S/C23H23N3O2/c1-15-12-16(2)14-20(13-15)26-23(28)21(17-6-4-3-5-7-17)25-19-10-8-18(9-11-19)22(24)27/h3-14,21,25H,1-2H3,(H2,24,27)(H,26,28)/t21-/m0/s1. The first kappa shape index (κ1) is 19.2. The van der Waals surface area contributed by atoms with Crippen LogP contribution in [0.15, 0.2) is 72.8 Å². The summed E-state index contributed by atoms with van der Waals surface area (Å²) in [5.41, 5.74) is 10.2. The highest BCUT2D eigenvalue weighted by Gasteiger charge is 2.21. The van der Waals surface area contributed by atoms with Crippen molar-refractivity contribution in [1.82, 2.24) is 0 Å². The molecule has 3 rings (SSSR count). The molecule has 3 aromatic carbocycles. The van der Waals surface area contributed by atoms with Gasteiger partial charge in [-0.3, -0.25) is 9.59 Å². The Morgan fingerprint density at radius 2 is 1.43 bits per heavy atom. The summed E-state index contributed by atoms with van der Waals surface area (Å²) < 4.78 is 0. The van der Waals surface area contributed by atoms with Crippen molar-refractivity contribution in [1.29, 1.82) is 0 Å². The number of primary amides is 1. The Morgan fingerprint density at radius 1 is 0.821 bits per heavy atom. The van der Waals surface area contributed by atoms with Gasteiger partial charge in [-0.05, 0) is 66.9 Å². The lowest BCUT2D eigenvalue weighted by molar-refractivity contribution is -0.117. The fourth-order valence-electron chi connectivity index (χ4n) is 3.10. The van der Waals surface area contributed by atoms with E-state index < -0.39 is 11.9 Å². The Hall–Kier alpha value is -3.60. The first-order valence-electron chi connectivity index (χ1n) is 9.03. The van der Waals surface area contributed by atoms with Crippen LogP contribution in [-0.4, -0.2) is 11.8 Å². The van der Waals surface area contributed by atoms with Gasteiger partial charge in [0.05, 0.1) is 0 Å². The van der Waals surface area contributed by atoms with Gasteiger partial charge < -0.3 is 16.4 Å². The molecule has 3 aromatic rings. The number of benzene rings is 3. The molecule has 0 aliphatic rings. The van der Waals surface area contributed by atoms with Crippen LogP contribution in [0.1, 0.15) is 33.1 Å². The van der Waals surface area contributed by atoms with Crippen molar-refractivity contribution in [3.05, 3.63) is 95.1 Å². The first-order chi connectivity index (χ1) is 13.4. The minimum atomic E-state index is -0.596. The van der Waals surface area contributed by atoms with Crippen LogP contribution in [0.2, 0.25) is 0 Å². The van der Waals surface area contributed by atoms with Crippen LogP contribution < -0.4 is 16.4 Å². The molecule has 0 spiro atoms. The first-order valence-corrected chi connectivity index (χ1v) is 9.03. The van der Waals surface area contributed by atoms with Crippen molar-refractivity contribution in [2.45, 2.75) is 19.9 Å². The molecule has 0 unspecified atom stereocenters. The number of anilines is 2. The third-order valence-electron chi connectivity index (χ3n) is 4.36. The lowest BCUT2D eigenvalue weighted by Crippen LogP contribution is -2.27. The number of nitrogens with one attached hydrogen (secondary N) is 2. The molecule has 142 valence electrons. The van der Waals surface area contributed by atoms with E-state index in [0.29, 0.717) is 5.56 Å². The number of nitrogens with two attached hydrogens (primary N) is 1. The molecule has 1 atom stereocenters. The van der Waals surface area contributed by atoms with E-state index in [-0.39, 0.29) is 5.91 Å². The normalized spacial score (nSPS) is 11.5. The van der Waals surface area contributed by atoms with E-state index in [9.17, 15) is 9.59 Å². The zero-order chi connectivity index (χ0) is 20.1. The average molecular weight is 373 g/mol. The van der Waals surface area contributed by atoms with Crippen LogP contribution in [0.25, 0.3) is 0 Å². The Morgan fingerprint density at radius 3 is 2.00 bits per heavy atom. The largest absolute Gasteiger partial charge is 0.370 e. The molecular weight excluding hydrogens is 350 g/mol. The summed E-state index contributed by atoms with van der Waals surface area (Å²) >= 11 is 0. The highest BCUT2D eigenvalue weighted by atomic mass is 16.2. The number of carbonyl (C=O) groups excluding carboxylic acids is 2. The zero-order valence-electron chi connectivity index (χ0n) is 15.9. The van der Waals surface area contributed by atoms with Gasteiger partial charge in [0.1, 0.15) is 6.04 Å². The summed E-state index contributed by atoms with van der Waals surface area (Å²) in [6.07, 6.45) is 0. The molecule has 5 nitrogen and oxygen atoms in total. The van der Waals surface area contributed by atoms with Gasteiger partial charge in [0.2, 0.25) is 5.91 Å². The number of rotatable bonds is 6. The van der Waals surface area contributed by atoms with Gasteiger partial charge in [0, 0.05) is 16.9 Å². The lowest BCUT2D eigenvalue weighted by Gasteiger charge is -2.20. The van der Waals surface area contributed by atoms with Gasteiger partial charge in [-0.15, -0.1) is 0 Å². The molecular formula is C23H23N3O2. The second-order valence-corrected chi connectivity index (χ2v) is 6.80. The van der Waals surface area contributed by atoms with Gasteiger partial charge in [-0.25, -0.2) is 0 Å². The Balaban J connectivity index is 1.86. The Kier molecular flexibility index (Phi) is 5.75. The number of hydrogen-bond donors (Lipinski definition) is 3. The highest BCUT2D eigenvalue weighted by molar-refractivity contribution is 5.97. The summed E-state index contributed by atoms with van der Waals surface area (Å²) in [5.74, 6) is -0.658. The summed E-state index contributed by atoms with van der Waals surface area (Å²) in [4.78, 5) is 24.3. The van der Waals surface area contributed by atoms with Gasteiger partial charge in [-0.1, -0.05) is 36.4 Å². The van der Waals surface area contributed by atoms with Crippen LogP contribution in [0, 0.1) is 13.8 Å².